The number of halogens is 2. The Labute approximate surface area is 184 Å². The molecule has 0 bridgehead atoms. The summed E-state index contributed by atoms with van der Waals surface area (Å²) < 4.78 is 7.43. The fourth-order valence-corrected chi connectivity index (χ4v) is 4.41. The van der Waals surface area contributed by atoms with Crippen molar-refractivity contribution in [2.45, 2.75) is 44.6 Å². The van der Waals surface area contributed by atoms with Gasteiger partial charge >= 0.3 is 6.09 Å². The molecule has 1 fully saturated rings. The molecule has 4 rings (SSSR count). The van der Waals surface area contributed by atoms with Crippen molar-refractivity contribution < 1.29 is 19.7 Å². The first-order chi connectivity index (χ1) is 14.0. The number of aliphatic hydroxyl groups is 2. The number of benzene rings is 2. The molecule has 1 aromatic heterocycles. The van der Waals surface area contributed by atoms with Crippen molar-refractivity contribution in [1.29, 1.82) is 0 Å². The summed E-state index contributed by atoms with van der Waals surface area (Å²) in [6.45, 7) is 5.56. The van der Waals surface area contributed by atoms with Gasteiger partial charge in [-0.15, -0.1) is 0 Å². The second-order valence-electron chi connectivity index (χ2n) is 8.70. The van der Waals surface area contributed by atoms with Crippen LogP contribution in [-0.4, -0.2) is 56.7 Å². The van der Waals surface area contributed by atoms with Crippen molar-refractivity contribution in [3.63, 3.8) is 0 Å². The zero-order valence-corrected chi connectivity index (χ0v) is 18.5. The van der Waals surface area contributed by atoms with Crippen molar-refractivity contribution in [3.05, 3.63) is 46.4 Å². The summed E-state index contributed by atoms with van der Waals surface area (Å²) >= 11 is 12.5. The summed E-state index contributed by atoms with van der Waals surface area (Å²) in [6.07, 6.45) is -2.69. The van der Waals surface area contributed by atoms with E-state index in [0.717, 1.165) is 21.8 Å². The number of amides is 1. The Balaban J connectivity index is 1.84. The molecule has 3 aromatic rings. The molecule has 1 saturated heterocycles. The van der Waals surface area contributed by atoms with Gasteiger partial charge in [0.2, 0.25) is 0 Å². The van der Waals surface area contributed by atoms with E-state index in [1.807, 2.05) is 28.8 Å². The number of β-amino-alcohol motifs (C(OH)–C–C–N with tert-alkyl or cyclic N) is 1. The third-order valence-electron chi connectivity index (χ3n) is 5.31. The number of nitrogens with zero attached hydrogens (tertiary/aromatic N) is 2. The molecule has 1 amide bonds. The summed E-state index contributed by atoms with van der Waals surface area (Å²) in [6, 6.07) is 10.4. The Morgan fingerprint density at radius 2 is 1.53 bits per heavy atom. The van der Waals surface area contributed by atoms with Gasteiger partial charge in [-0.2, -0.15) is 0 Å². The molecule has 0 aliphatic carbocycles. The third-order valence-corrected chi connectivity index (χ3v) is 5.78. The Bertz CT molecular complexity index is 1060. The van der Waals surface area contributed by atoms with Crippen molar-refractivity contribution in [2.24, 2.45) is 0 Å². The molecule has 0 unspecified atom stereocenters. The normalized spacial score (nSPS) is 22.6. The molecule has 1 aliphatic heterocycles. The van der Waals surface area contributed by atoms with Gasteiger partial charge in [0.05, 0.1) is 18.7 Å². The minimum absolute atomic E-state index is 0.00136. The van der Waals surface area contributed by atoms with Crippen LogP contribution in [0.25, 0.3) is 21.8 Å². The largest absolute Gasteiger partial charge is 0.444 e. The minimum Gasteiger partial charge on any atom is -0.444 e. The number of likely N-dealkylation sites (tertiary alicyclic amines) is 1. The maximum absolute atomic E-state index is 12.7. The highest BCUT2D eigenvalue weighted by Crippen LogP contribution is 2.37. The molecule has 8 heteroatoms. The zero-order valence-electron chi connectivity index (χ0n) is 17.0. The average molecular weight is 451 g/mol. The number of carbonyl (C=O) groups is 1. The summed E-state index contributed by atoms with van der Waals surface area (Å²) in [5.74, 6) is 0. The van der Waals surface area contributed by atoms with E-state index in [-0.39, 0.29) is 13.1 Å². The molecule has 6 nitrogen and oxygen atoms in total. The Kier molecular flexibility index (Phi) is 5.39. The van der Waals surface area contributed by atoms with E-state index in [2.05, 4.69) is 0 Å². The topological polar surface area (TPSA) is 74.9 Å². The molecule has 0 spiro atoms. The lowest BCUT2D eigenvalue weighted by Gasteiger charge is -2.40. The van der Waals surface area contributed by atoms with Crippen molar-refractivity contribution in [3.8, 4) is 0 Å². The molecule has 0 radical (unpaired) electrons. The predicted molar refractivity (Wildman–Crippen MR) is 118 cm³/mol. The van der Waals surface area contributed by atoms with E-state index in [0.29, 0.717) is 10.0 Å². The predicted octanol–water partition coefficient (Wildman–Crippen LogP) is 4.61. The number of aliphatic hydroxyl groups excluding tert-OH is 2. The molecule has 30 heavy (non-hydrogen) atoms. The summed E-state index contributed by atoms with van der Waals surface area (Å²) in [7, 11) is 0. The van der Waals surface area contributed by atoms with Gasteiger partial charge in [0.1, 0.15) is 11.7 Å². The number of rotatable bonds is 1. The van der Waals surface area contributed by atoms with Gasteiger partial charge in [0.25, 0.3) is 0 Å². The van der Waals surface area contributed by atoms with Crippen LogP contribution in [0.2, 0.25) is 10.0 Å². The molecule has 2 heterocycles. The first-order valence-electron chi connectivity index (χ1n) is 9.78. The van der Waals surface area contributed by atoms with Crippen molar-refractivity contribution >= 4 is 51.1 Å². The summed E-state index contributed by atoms with van der Waals surface area (Å²) in [5, 5.41) is 24.3. The monoisotopic (exact) mass is 450 g/mol. The number of carbonyl (C=O) groups excluding carboxylic acids is 1. The number of ether oxygens (including phenoxy) is 1. The summed E-state index contributed by atoms with van der Waals surface area (Å²) in [4.78, 5) is 14.1. The lowest BCUT2D eigenvalue weighted by atomic mass is 9.99. The molecular formula is C22H24Cl2N2O4. The number of hydrogen-bond acceptors (Lipinski definition) is 4. The Morgan fingerprint density at radius 3 is 2.03 bits per heavy atom. The van der Waals surface area contributed by atoms with Crippen LogP contribution in [-0.2, 0) is 4.74 Å². The van der Waals surface area contributed by atoms with Crippen LogP contribution in [0.1, 0.15) is 26.8 Å². The maximum Gasteiger partial charge on any atom is 0.410 e. The second kappa shape index (κ2) is 7.61. The number of aromatic nitrogens is 1. The number of hydrogen-bond donors (Lipinski definition) is 2. The lowest BCUT2D eigenvalue weighted by molar-refractivity contribution is -0.0704. The van der Waals surface area contributed by atoms with E-state index in [9.17, 15) is 15.0 Å². The molecule has 2 N–H and O–H groups in total. The minimum atomic E-state index is -1.11. The fourth-order valence-electron chi connectivity index (χ4n) is 4.06. The molecule has 0 saturated carbocycles. The van der Waals surface area contributed by atoms with Crippen LogP contribution in [0.5, 0.6) is 0 Å². The van der Waals surface area contributed by atoms with E-state index in [4.69, 9.17) is 27.9 Å². The highest BCUT2D eigenvalue weighted by atomic mass is 35.5. The van der Waals surface area contributed by atoms with Crippen molar-refractivity contribution in [1.82, 2.24) is 9.47 Å². The zero-order chi connectivity index (χ0) is 21.8. The van der Waals surface area contributed by atoms with Gasteiger partial charge in [-0.25, -0.2) is 4.79 Å². The van der Waals surface area contributed by atoms with Crippen LogP contribution in [0.15, 0.2) is 36.4 Å². The van der Waals surface area contributed by atoms with Gasteiger partial charge < -0.3 is 24.4 Å². The van der Waals surface area contributed by atoms with Gasteiger partial charge in [-0.05, 0) is 57.2 Å². The van der Waals surface area contributed by atoms with Gasteiger partial charge in [0.15, 0.2) is 0 Å². The SMILES string of the molecule is CC(C)(C)OC(=O)N1C[C@H](O)[C@H](O)[C@@H](n2c3ccc(Cl)cc3c3cc(Cl)ccc32)C1. The van der Waals surface area contributed by atoms with Gasteiger partial charge in [0, 0.05) is 38.4 Å². The third kappa shape index (κ3) is 3.85. The van der Waals surface area contributed by atoms with Gasteiger partial charge in [-0.3, -0.25) is 0 Å². The fraction of sp³-hybridized carbons (Fsp3) is 0.409. The van der Waals surface area contributed by atoms with E-state index < -0.39 is 29.9 Å². The molecule has 3 atom stereocenters. The first kappa shape index (κ1) is 21.2. The smallest absolute Gasteiger partial charge is 0.410 e. The standard InChI is InChI=1S/C22H24Cl2N2O4/c1-22(2,3)30-21(29)25-10-18(20(28)19(27)11-25)26-16-6-4-12(23)8-14(16)15-9-13(24)5-7-17(15)26/h4-9,18-20,27-28H,10-11H2,1-3H3/t18-,19-,20+/m0/s1. The lowest BCUT2D eigenvalue weighted by Crippen LogP contribution is -2.55. The van der Waals surface area contributed by atoms with Crippen LogP contribution >= 0.6 is 23.2 Å². The highest BCUT2D eigenvalue weighted by molar-refractivity contribution is 6.33. The van der Waals surface area contributed by atoms with Crippen molar-refractivity contribution in [2.75, 3.05) is 13.1 Å². The molecule has 1 aliphatic rings. The molecule has 160 valence electrons. The highest BCUT2D eigenvalue weighted by Gasteiger charge is 2.40. The number of fused-ring (bicyclic) bond motifs is 3. The van der Waals surface area contributed by atoms with Crippen LogP contribution in [0.3, 0.4) is 0 Å². The molecule has 2 aromatic carbocycles. The van der Waals surface area contributed by atoms with E-state index in [1.54, 1.807) is 32.9 Å². The quantitative estimate of drug-likeness (QED) is 0.567. The van der Waals surface area contributed by atoms with E-state index >= 15 is 0 Å². The first-order valence-corrected chi connectivity index (χ1v) is 10.5. The summed E-state index contributed by atoms with van der Waals surface area (Å²) in [5.41, 5.74) is 1.01. The van der Waals surface area contributed by atoms with Crippen LogP contribution in [0.4, 0.5) is 4.79 Å². The second-order valence-corrected chi connectivity index (χ2v) is 9.58. The van der Waals surface area contributed by atoms with Crippen LogP contribution in [0, 0.1) is 0 Å². The Hall–Kier alpha value is -1.99. The van der Waals surface area contributed by atoms with Gasteiger partial charge in [-0.1, -0.05) is 23.2 Å². The number of piperidine rings is 1. The Morgan fingerprint density at radius 1 is 1.00 bits per heavy atom. The van der Waals surface area contributed by atoms with Crippen LogP contribution < -0.4 is 0 Å². The maximum atomic E-state index is 12.7. The molecular weight excluding hydrogens is 427 g/mol. The van der Waals surface area contributed by atoms with E-state index in [1.165, 1.54) is 4.90 Å². The average Bonchev–Trinajstić information content (AvgIpc) is 2.95.